The Labute approximate surface area is 111 Å². The zero-order valence-electron chi connectivity index (χ0n) is 10.4. The first-order valence-electron chi connectivity index (χ1n) is 6.07. The minimum Gasteiger partial charge on any atom is -0.481 e. The summed E-state index contributed by atoms with van der Waals surface area (Å²) in [5.74, 6) is -0.831. The van der Waals surface area contributed by atoms with Crippen LogP contribution in [0.1, 0.15) is 6.42 Å². The van der Waals surface area contributed by atoms with E-state index >= 15 is 0 Å². The van der Waals surface area contributed by atoms with E-state index in [4.69, 9.17) is 5.11 Å². The van der Waals surface area contributed by atoms with E-state index < -0.39 is 16.0 Å². The lowest BCUT2D eigenvalue weighted by molar-refractivity contribution is -0.137. The molecular weight excluding hydrogens is 270 g/mol. The van der Waals surface area contributed by atoms with Crippen molar-refractivity contribution in [2.24, 2.45) is 0 Å². The highest BCUT2D eigenvalue weighted by Crippen LogP contribution is 2.16. The van der Waals surface area contributed by atoms with Crippen LogP contribution in [0.15, 0.2) is 23.4 Å². The second-order valence-electron chi connectivity index (χ2n) is 4.44. The maximum Gasteiger partial charge on any atom is 0.304 e. The zero-order chi connectivity index (χ0) is 13.9. The lowest BCUT2D eigenvalue weighted by Crippen LogP contribution is -2.48. The molecule has 1 aliphatic heterocycles. The van der Waals surface area contributed by atoms with Crippen LogP contribution in [0, 0.1) is 0 Å². The Morgan fingerprint density at radius 3 is 2.53 bits per heavy atom. The molecule has 0 bridgehead atoms. The van der Waals surface area contributed by atoms with Gasteiger partial charge in [-0.05, 0) is 6.07 Å². The van der Waals surface area contributed by atoms with Gasteiger partial charge in [0.15, 0.2) is 0 Å². The summed E-state index contributed by atoms with van der Waals surface area (Å²) < 4.78 is 25.9. The van der Waals surface area contributed by atoms with Crippen LogP contribution in [-0.4, -0.2) is 66.4 Å². The van der Waals surface area contributed by atoms with E-state index in [2.05, 4.69) is 4.98 Å². The summed E-state index contributed by atoms with van der Waals surface area (Å²) in [7, 11) is -3.41. The average Bonchev–Trinajstić information content (AvgIpc) is 2.91. The fourth-order valence-electron chi connectivity index (χ4n) is 2.07. The summed E-state index contributed by atoms with van der Waals surface area (Å²) in [5, 5.41) is 8.61. The molecule has 1 fully saturated rings. The van der Waals surface area contributed by atoms with Crippen molar-refractivity contribution in [3.63, 3.8) is 0 Å². The molecule has 1 saturated heterocycles. The molecular formula is C11H17N3O4S. The van der Waals surface area contributed by atoms with Gasteiger partial charge in [-0.3, -0.25) is 4.79 Å². The van der Waals surface area contributed by atoms with E-state index in [0.29, 0.717) is 32.7 Å². The van der Waals surface area contributed by atoms with Crippen molar-refractivity contribution in [1.29, 1.82) is 0 Å². The van der Waals surface area contributed by atoms with Crippen molar-refractivity contribution in [1.82, 2.24) is 14.2 Å². The predicted octanol–water partition coefficient (Wildman–Crippen LogP) is -0.204. The molecule has 0 aromatic carbocycles. The molecule has 1 aromatic rings. The number of aromatic amines is 1. The second kappa shape index (κ2) is 5.72. The van der Waals surface area contributed by atoms with Gasteiger partial charge in [-0.25, -0.2) is 8.42 Å². The van der Waals surface area contributed by atoms with Crippen LogP contribution in [0.3, 0.4) is 0 Å². The fraction of sp³-hybridized carbons (Fsp3) is 0.545. The Hall–Kier alpha value is -1.38. The van der Waals surface area contributed by atoms with Crippen LogP contribution in [0.5, 0.6) is 0 Å². The van der Waals surface area contributed by atoms with Gasteiger partial charge in [0.05, 0.1) is 11.3 Å². The summed E-state index contributed by atoms with van der Waals surface area (Å²) >= 11 is 0. The van der Waals surface area contributed by atoms with Gasteiger partial charge in [0.25, 0.3) is 0 Å². The SMILES string of the molecule is O=C(O)CCN1CCN(S(=O)(=O)c2cc[nH]c2)CC1. The molecule has 2 heterocycles. The maximum absolute atomic E-state index is 12.2. The molecule has 2 rings (SSSR count). The van der Waals surface area contributed by atoms with E-state index in [1.54, 1.807) is 6.20 Å². The Morgan fingerprint density at radius 2 is 2.00 bits per heavy atom. The Balaban J connectivity index is 1.91. The molecule has 7 nitrogen and oxygen atoms in total. The Kier molecular flexibility index (Phi) is 4.23. The van der Waals surface area contributed by atoms with Crippen LogP contribution in [0.2, 0.25) is 0 Å². The molecule has 19 heavy (non-hydrogen) atoms. The summed E-state index contributed by atoms with van der Waals surface area (Å²) in [4.78, 5) is 15.5. The van der Waals surface area contributed by atoms with Gasteiger partial charge in [0.1, 0.15) is 0 Å². The number of hydrogen-bond donors (Lipinski definition) is 2. The third-order valence-electron chi connectivity index (χ3n) is 3.18. The first-order chi connectivity index (χ1) is 9.00. The van der Waals surface area contributed by atoms with Crippen molar-refractivity contribution < 1.29 is 18.3 Å². The van der Waals surface area contributed by atoms with Crippen LogP contribution in [-0.2, 0) is 14.8 Å². The highest BCUT2D eigenvalue weighted by Gasteiger charge is 2.28. The molecule has 0 atom stereocenters. The summed E-state index contributed by atoms with van der Waals surface area (Å²) in [6.45, 7) is 2.39. The van der Waals surface area contributed by atoms with Crippen LogP contribution in [0.25, 0.3) is 0 Å². The van der Waals surface area contributed by atoms with Gasteiger partial charge in [-0.15, -0.1) is 0 Å². The average molecular weight is 287 g/mol. The number of hydrogen-bond acceptors (Lipinski definition) is 4. The number of carboxylic acids is 1. The van der Waals surface area contributed by atoms with Gasteiger partial charge in [-0.2, -0.15) is 4.31 Å². The lowest BCUT2D eigenvalue weighted by Gasteiger charge is -2.33. The molecule has 8 heteroatoms. The number of H-pyrrole nitrogens is 1. The first-order valence-corrected chi connectivity index (χ1v) is 7.51. The molecule has 0 radical (unpaired) electrons. The van der Waals surface area contributed by atoms with Gasteiger partial charge in [0.2, 0.25) is 10.0 Å². The number of carboxylic acid groups (broad SMARTS) is 1. The zero-order valence-corrected chi connectivity index (χ0v) is 11.3. The number of aromatic nitrogens is 1. The molecule has 2 N–H and O–H groups in total. The van der Waals surface area contributed by atoms with Gasteiger partial charge < -0.3 is 15.0 Å². The Bertz CT molecular complexity index is 518. The topological polar surface area (TPSA) is 93.7 Å². The third-order valence-corrected chi connectivity index (χ3v) is 5.07. The monoisotopic (exact) mass is 287 g/mol. The predicted molar refractivity (Wildman–Crippen MR) is 68.2 cm³/mol. The van der Waals surface area contributed by atoms with Gasteiger partial charge in [-0.1, -0.05) is 0 Å². The molecule has 106 valence electrons. The lowest BCUT2D eigenvalue weighted by atomic mass is 10.3. The number of nitrogens with one attached hydrogen (secondary N) is 1. The highest BCUT2D eigenvalue weighted by atomic mass is 32.2. The largest absolute Gasteiger partial charge is 0.481 e. The quantitative estimate of drug-likeness (QED) is 0.782. The standard InChI is InChI=1S/C11H17N3O4S/c15-11(16)2-4-13-5-7-14(8-6-13)19(17,18)10-1-3-12-9-10/h1,3,9,12H,2,4-8H2,(H,15,16). The van der Waals surface area contributed by atoms with Gasteiger partial charge >= 0.3 is 5.97 Å². The number of sulfonamides is 1. The normalized spacial score (nSPS) is 18.5. The van der Waals surface area contributed by atoms with Gasteiger partial charge in [0, 0.05) is 45.1 Å². The minimum absolute atomic E-state index is 0.0879. The first kappa shape index (κ1) is 14.0. The molecule has 0 spiro atoms. The molecule has 1 aromatic heterocycles. The van der Waals surface area contributed by atoms with Crippen molar-refractivity contribution >= 4 is 16.0 Å². The minimum atomic E-state index is -3.41. The maximum atomic E-state index is 12.2. The smallest absolute Gasteiger partial charge is 0.304 e. The number of piperazine rings is 1. The van der Waals surface area contributed by atoms with Crippen molar-refractivity contribution in [3.05, 3.63) is 18.5 Å². The van der Waals surface area contributed by atoms with E-state index in [-0.39, 0.29) is 11.3 Å². The molecule has 0 aliphatic carbocycles. The third kappa shape index (κ3) is 3.34. The van der Waals surface area contributed by atoms with Crippen molar-refractivity contribution in [2.45, 2.75) is 11.3 Å². The van der Waals surface area contributed by atoms with Crippen LogP contribution >= 0.6 is 0 Å². The summed E-state index contributed by atoms with van der Waals surface area (Å²) in [5.41, 5.74) is 0. The molecule has 0 saturated carbocycles. The Morgan fingerprint density at radius 1 is 1.32 bits per heavy atom. The molecule has 1 aliphatic rings. The van der Waals surface area contributed by atoms with Crippen molar-refractivity contribution in [2.75, 3.05) is 32.7 Å². The van der Waals surface area contributed by atoms with Crippen LogP contribution in [0.4, 0.5) is 0 Å². The summed E-state index contributed by atoms with van der Waals surface area (Å²) in [6, 6.07) is 1.53. The molecule has 0 unspecified atom stereocenters. The number of aliphatic carboxylic acids is 1. The van der Waals surface area contributed by atoms with E-state index in [9.17, 15) is 13.2 Å². The van der Waals surface area contributed by atoms with E-state index in [0.717, 1.165) is 0 Å². The number of carbonyl (C=O) groups is 1. The van der Waals surface area contributed by atoms with E-state index in [1.165, 1.54) is 16.6 Å². The molecule has 0 amide bonds. The van der Waals surface area contributed by atoms with Crippen LogP contribution < -0.4 is 0 Å². The van der Waals surface area contributed by atoms with Crippen molar-refractivity contribution in [3.8, 4) is 0 Å². The number of nitrogens with zero attached hydrogens (tertiary/aromatic N) is 2. The highest BCUT2D eigenvalue weighted by molar-refractivity contribution is 7.89. The van der Waals surface area contributed by atoms with E-state index in [1.807, 2.05) is 4.90 Å². The summed E-state index contributed by atoms with van der Waals surface area (Å²) in [6.07, 6.45) is 3.13. The fourth-order valence-corrected chi connectivity index (χ4v) is 3.46. The second-order valence-corrected chi connectivity index (χ2v) is 6.37. The number of rotatable bonds is 5.